The van der Waals surface area contributed by atoms with Gasteiger partial charge in [-0.15, -0.1) is 0 Å². The second-order valence-electron chi connectivity index (χ2n) is 11.4. The summed E-state index contributed by atoms with van der Waals surface area (Å²) in [5, 5.41) is 0. The van der Waals surface area contributed by atoms with Gasteiger partial charge in [0.1, 0.15) is 0 Å². The Labute approximate surface area is 236 Å². The van der Waals surface area contributed by atoms with Crippen molar-refractivity contribution in [2.45, 2.75) is 94.4 Å². The molecule has 3 rings (SSSR count). The Hall–Kier alpha value is -2.86. The van der Waals surface area contributed by atoms with Crippen LogP contribution in [0.25, 0.3) is 11.1 Å². The standard InChI is InChI=1S/C24H28.C12H20.C2H6/c1-6-16-24(4,5)22(7-2)17(3)23-20-14-10-8-12-18(20)19-13-9-11-15-21(19)23;1-6-8-10-11(9-7-2)12(3,4)5;1-2/h7-15,23H,3,6,16H2,1-2,4-5H3;7-10H,2,6H2,1,3-5H3;1-2H3/b22-7-;10-8-,11-9+;. The molecule has 0 saturated heterocycles. The van der Waals surface area contributed by atoms with Crippen molar-refractivity contribution in [1.82, 2.24) is 0 Å². The van der Waals surface area contributed by atoms with E-state index >= 15 is 0 Å². The number of fused-ring (bicyclic) bond motifs is 3. The molecular formula is C38H54. The van der Waals surface area contributed by atoms with Crippen LogP contribution in [0.1, 0.15) is 106 Å². The molecule has 0 fully saturated rings. The van der Waals surface area contributed by atoms with E-state index in [-0.39, 0.29) is 16.7 Å². The van der Waals surface area contributed by atoms with Crippen LogP contribution in [0, 0.1) is 10.8 Å². The maximum absolute atomic E-state index is 4.59. The monoisotopic (exact) mass is 510 g/mol. The third kappa shape index (κ3) is 8.32. The first-order valence-corrected chi connectivity index (χ1v) is 14.6. The molecule has 0 heterocycles. The molecular weight excluding hydrogens is 456 g/mol. The number of benzene rings is 2. The van der Waals surface area contributed by atoms with Gasteiger partial charge in [0, 0.05) is 5.92 Å². The number of rotatable bonds is 8. The molecule has 0 spiro atoms. The maximum atomic E-state index is 4.59. The van der Waals surface area contributed by atoms with Crippen molar-refractivity contribution in [2.75, 3.05) is 0 Å². The molecule has 0 aliphatic heterocycles. The Kier molecular flexibility index (Phi) is 13.6. The molecule has 0 amide bonds. The van der Waals surface area contributed by atoms with Crippen LogP contribution in [0.15, 0.2) is 109 Å². The first-order valence-electron chi connectivity index (χ1n) is 14.6. The first-order chi connectivity index (χ1) is 18.0. The highest BCUT2D eigenvalue weighted by Gasteiger charge is 2.34. The highest BCUT2D eigenvalue weighted by molar-refractivity contribution is 5.81. The SMILES string of the molecule is C=C(/C(=C/C)C(C)(C)CCC)C1c2ccccc2-c2ccccc21.C=C/C=C(\C=C/CC)C(C)(C)C.CC. The van der Waals surface area contributed by atoms with E-state index in [2.05, 4.69) is 141 Å². The minimum absolute atomic E-state index is 0.160. The van der Waals surface area contributed by atoms with E-state index in [1.165, 1.54) is 51.8 Å². The summed E-state index contributed by atoms with van der Waals surface area (Å²) in [6, 6.07) is 17.6. The van der Waals surface area contributed by atoms with E-state index in [1.807, 2.05) is 19.9 Å². The molecule has 1 aliphatic rings. The largest absolute Gasteiger partial charge is 0.0991 e. The predicted molar refractivity (Wildman–Crippen MR) is 174 cm³/mol. The maximum Gasteiger partial charge on any atom is 0.0349 e. The number of allylic oxidation sites excluding steroid dienone is 8. The molecule has 0 saturated carbocycles. The molecule has 0 atom stereocenters. The van der Waals surface area contributed by atoms with Gasteiger partial charge < -0.3 is 0 Å². The first kappa shape index (κ1) is 33.2. The summed E-state index contributed by atoms with van der Waals surface area (Å²) in [5.74, 6) is 0.278. The van der Waals surface area contributed by atoms with Crippen LogP contribution in [-0.2, 0) is 0 Å². The third-order valence-corrected chi connectivity index (χ3v) is 7.12. The fourth-order valence-electron chi connectivity index (χ4n) is 5.38. The molecule has 2 aromatic carbocycles. The number of hydrogen-bond acceptors (Lipinski definition) is 0. The quantitative estimate of drug-likeness (QED) is 0.310. The second kappa shape index (κ2) is 15.5. The average Bonchev–Trinajstić information content (AvgIpc) is 3.22. The second-order valence-corrected chi connectivity index (χ2v) is 11.4. The zero-order valence-corrected chi connectivity index (χ0v) is 26.1. The minimum Gasteiger partial charge on any atom is -0.0991 e. The molecule has 206 valence electrons. The summed E-state index contributed by atoms with van der Waals surface area (Å²) in [6.45, 7) is 30.2. The average molecular weight is 511 g/mol. The lowest BCUT2D eigenvalue weighted by molar-refractivity contribution is 0.404. The molecule has 38 heavy (non-hydrogen) atoms. The van der Waals surface area contributed by atoms with Gasteiger partial charge in [0.25, 0.3) is 0 Å². The van der Waals surface area contributed by atoms with E-state index in [4.69, 9.17) is 0 Å². The van der Waals surface area contributed by atoms with E-state index in [0.29, 0.717) is 0 Å². The van der Waals surface area contributed by atoms with E-state index in [0.717, 1.165) is 6.42 Å². The number of hydrogen-bond donors (Lipinski definition) is 0. The zero-order chi connectivity index (χ0) is 28.9. The van der Waals surface area contributed by atoms with Crippen LogP contribution in [0.4, 0.5) is 0 Å². The minimum atomic E-state index is 0.160. The molecule has 0 nitrogen and oxygen atoms in total. The van der Waals surface area contributed by atoms with Gasteiger partial charge in [-0.2, -0.15) is 0 Å². The summed E-state index contributed by atoms with van der Waals surface area (Å²) in [7, 11) is 0. The van der Waals surface area contributed by atoms with Crippen molar-refractivity contribution in [3.05, 3.63) is 120 Å². The lowest BCUT2D eigenvalue weighted by Gasteiger charge is -2.32. The summed E-state index contributed by atoms with van der Waals surface area (Å²) in [6.07, 6.45) is 14.0. The van der Waals surface area contributed by atoms with E-state index in [1.54, 1.807) is 0 Å². The molecule has 2 aromatic rings. The molecule has 0 radical (unpaired) electrons. The van der Waals surface area contributed by atoms with E-state index < -0.39 is 0 Å². The van der Waals surface area contributed by atoms with Crippen LogP contribution in [0.3, 0.4) is 0 Å². The Balaban J connectivity index is 0.000000439. The Morgan fingerprint density at radius 1 is 0.868 bits per heavy atom. The van der Waals surface area contributed by atoms with Gasteiger partial charge in [-0.25, -0.2) is 0 Å². The van der Waals surface area contributed by atoms with Gasteiger partial charge >= 0.3 is 0 Å². The topological polar surface area (TPSA) is 0 Å². The molecule has 0 unspecified atom stereocenters. The van der Waals surface area contributed by atoms with Gasteiger partial charge in [0.2, 0.25) is 0 Å². The highest BCUT2D eigenvalue weighted by Crippen LogP contribution is 2.51. The Morgan fingerprint density at radius 2 is 1.37 bits per heavy atom. The fourth-order valence-corrected chi connectivity index (χ4v) is 5.38. The molecule has 0 aromatic heterocycles. The Bertz CT molecular complexity index is 1080. The third-order valence-electron chi connectivity index (χ3n) is 7.12. The van der Waals surface area contributed by atoms with Gasteiger partial charge in [-0.3, -0.25) is 0 Å². The predicted octanol–water partition coefficient (Wildman–Crippen LogP) is 12.3. The Morgan fingerprint density at radius 3 is 1.76 bits per heavy atom. The molecule has 1 aliphatic carbocycles. The summed E-state index contributed by atoms with van der Waals surface area (Å²) in [5.41, 5.74) is 9.90. The summed E-state index contributed by atoms with van der Waals surface area (Å²) >= 11 is 0. The van der Waals surface area contributed by atoms with Crippen molar-refractivity contribution in [1.29, 1.82) is 0 Å². The molecule has 0 heteroatoms. The van der Waals surface area contributed by atoms with Crippen molar-refractivity contribution in [2.24, 2.45) is 10.8 Å². The molecule has 0 N–H and O–H groups in total. The smallest absolute Gasteiger partial charge is 0.0349 e. The lowest BCUT2D eigenvalue weighted by Crippen LogP contribution is -2.18. The van der Waals surface area contributed by atoms with Crippen molar-refractivity contribution >= 4 is 0 Å². The summed E-state index contributed by atoms with van der Waals surface area (Å²) in [4.78, 5) is 0. The van der Waals surface area contributed by atoms with Crippen LogP contribution in [0.2, 0.25) is 0 Å². The van der Waals surface area contributed by atoms with Crippen molar-refractivity contribution in [3.63, 3.8) is 0 Å². The van der Waals surface area contributed by atoms with Gasteiger partial charge in [0.05, 0.1) is 0 Å². The fraction of sp³-hybridized carbons (Fsp3) is 0.421. The lowest BCUT2D eigenvalue weighted by atomic mass is 9.72. The van der Waals surface area contributed by atoms with Crippen LogP contribution < -0.4 is 0 Å². The molecule has 0 bridgehead atoms. The van der Waals surface area contributed by atoms with Crippen LogP contribution in [0.5, 0.6) is 0 Å². The van der Waals surface area contributed by atoms with E-state index in [9.17, 15) is 0 Å². The van der Waals surface area contributed by atoms with Crippen molar-refractivity contribution in [3.8, 4) is 11.1 Å². The van der Waals surface area contributed by atoms with Gasteiger partial charge in [0.15, 0.2) is 0 Å². The summed E-state index contributed by atoms with van der Waals surface area (Å²) < 4.78 is 0. The van der Waals surface area contributed by atoms with Crippen LogP contribution in [-0.4, -0.2) is 0 Å². The van der Waals surface area contributed by atoms with Crippen LogP contribution >= 0.6 is 0 Å². The van der Waals surface area contributed by atoms with Crippen molar-refractivity contribution < 1.29 is 0 Å². The highest BCUT2D eigenvalue weighted by atomic mass is 14.4. The van der Waals surface area contributed by atoms with Gasteiger partial charge in [-0.1, -0.05) is 161 Å². The normalized spacial score (nSPS) is 13.6. The van der Waals surface area contributed by atoms with Gasteiger partial charge in [-0.05, 0) is 69.6 Å². The zero-order valence-electron chi connectivity index (χ0n) is 26.1.